The highest BCUT2D eigenvalue weighted by atomic mass is 79.9. The lowest BCUT2D eigenvalue weighted by Crippen LogP contribution is -2.51. The quantitative estimate of drug-likeness (QED) is 0.860. The molecule has 0 aromatic carbocycles. The van der Waals surface area contributed by atoms with Crippen LogP contribution in [0.3, 0.4) is 0 Å². The molecule has 0 bridgehead atoms. The number of rotatable bonds is 4. The Labute approximate surface area is 121 Å². The largest absolute Gasteiger partial charge is 0.311 e. The summed E-state index contributed by atoms with van der Waals surface area (Å²) in [4.78, 5) is 8.06. The van der Waals surface area contributed by atoms with E-state index in [2.05, 4.69) is 45.1 Å². The summed E-state index contributed by atoms with van der Waals surface area (Å²) in [5.41, 5.74) is 0. The highest BCUT2D eigenvalue weighted by Gasteiger charge is 2.32. The minimum atomic E-state index is -0.141. The number of halogens is 2. The van der Waals surface area contributed by atoms with E-state index in [-0.39, 0.29) is 12.0 Å². The van der Waals surface area contributed by atoms with Gasteiger partial charge in [-0.1, -0.05) is 18.3 Å². The lowest BCUT2D eigenvalue weighted by atomic mass is 9.91. The smallest absolute Gasteiger partial charge is 0.254 e. The fraction of sp³-hybridized carbons (Fsp3) is 0.692. The Morgan fingerprint density at radius 3 is 2.26 bits per heavy atom. The van der Waals surface area contributed by atoms with Crippen LogP contribution in [0, 0.1) is 0 Å². The third kappa shape index (κ3) is 3.63. The zero-order valence-corrected chi connectivity index (χ0v) is 12.9. The van der Waals surface area contributed by atoms with Crippen LogP contribution in [0.4, 0.5) is 10.4 Å². The summed E-state index contributed by atoms with van der Waals surface area (Å²) in [7, 11) is 0. The maximum Gasteiger partial charge on any atom is 0.254 e. The van der Waals surface area contributed by atoms with Gasteiger partial charge in [-0.15, -0.1) is 0 Å². The number of hydrogen-bond acceptors (Lipinski definition) is 4. The second kappa shape index (κ2) is 6.61. The van der Waals surface area contributed by atoms with Gasteiger partial charge < -0.3 is 5.32 Å². The predicted octanol–water partition coefficient (Wildman–Crippen LogP) is 3.24. The van der Waals surface area contributed by atoms with Crippen molar-refractivity contribution in [3.63, 3.8) is 0 Å². The standard InChI is InChI=1S/C13H20BrFN4/c1-3-10-5-12(6-11(4-2)18-10)19(15)13-16-7-9(14)8-17-13/h7-8,10-12,18H,3-6H2,1-2H3/t10-,11+,12?. The number of nitrogens with one attached hydrogen (secondary N) is 1. The van der Waals surface area contributed by atoms with E-state index in [0.717, 1.165) is 35.3 Å². The van der Waals surface area contributed by atoms with Gasteiger partial charge >= 0.3 is 0 Å². The minimum absolute atomic E-state index is 0.141. The van der Waals surface area contributed by atoms with Gasteiger partial charge in [-0.25, -0.2) is 9.97 Å². The van der Waals surface area contributed by atoms with Gasteiger partial charge in [-0.05, 0) is 41.6 Å². The predicted molar refractivity (Wildman–Crippen MR) is 77.6 cm³/mol. The van der Waals surface area contributed by atoms with Gasteiger partial charge in [-0.3, -0.25) is 0 Å². The molecule has 2 heterocycles. The number of nitrogens with zero attached hydrogens (tertiary/aromatic N) is 3. The van der Waals surface area contributed by atoms with Crippen LogP contribution in [0.2, 0.25) is 0 Å². The highest BCUT2D eigenvalue weighted by Crippen LogP contribution is 2.25. The normalized spacial score (nSPS) is 27.3. The molecule has 2 rings (SSSR count). The molecular formula is C13H20BrFN4. The molecule has 0 aliphatic carbocycles. The van der Waals surface area contributed by atoms with Crippen LogP contribution in [-0.4, -0.2) is 28.1 Å². The Kier molecular flexibility index (Phi) is 5.10. The average molecular weight is 331 g/mol. The molecule has 106 valence electrons. The fourth-order valence-corrected chi connectivity index (χ4v) is 2.76. The summed E-state index contributed by atoms with van der Waals surface area (Å²) in [5, 5.41) is 4.29. The van der Waals surface area contributed by atoms with Crippen molar-refractivity contribution >= 4 is 21.9 Å². The van der Waals surface area contributed by atoms with E-state index in [9.17, 15) is 4.48 Å². The first-order chi connectivity index (χ1) is 9.13. The molecule has 0 radical (unpaired) electrons. The maximum absolute atomic E-state index is 14.4. The monoisotopic (exact) mass is 330 g/mol. The summed E-state index contributed by atoms with van der Waals surface area (Å²) in [6.07, 6.45) is 6.77. The molecular weight excluding hydrogens is 311 g/mol. The summed E-state index contributed by atoms with van der Waals surface area (Å²) >= 11 is 3.26. The molecule has 0 amide bonds. The van der Waals surface area contributed by atoms with Crippen molar-refractivity contribution < 1.29 is 4.48 Å². The number of aromatic nitrogens is 2. The highest BCUT2D eigenvalue weighted by molar-refractivity contribution is 9.10. The molecule has 1 N–H and O–H groups in total. The Balaban J connectivity index is 2.08. The SMILES string of the molecule is CC[C@@H]1CC(N(F)c2ncc(Br)cn2)C[C@H](CC)N1. The lowest BCUT2D eigenvalue weighted by Gasteiger charge is -2.37. The molecule has 1 fully saturated rings. The van der Waals surface area contributed by atoms with Crippen molar-refractivity contribution in [2.75, 3.05) is 5.12 Å². The van der Waals surface area contributed by atoms with Crippen LogP contribution >= 0.6 is 15.9 Å². The van der Waals surface area contributed by atoms with E-state index < -0.39 is 0 Å². The molecule has 1 aromatic heterocycles. The molecule has 19 heavy (non-hydrogen) atoms. The molecule has 1 aromatic rings. The Morgan fingerprint density at radius 2 is 1.79 bits per heavy atom. The third-order valence-corrected chi connectivity index (χ3v) is 4.10. The van der Waals surface area contributed by atoms with Gasteiger partial charge in [0.2, 0.25) is 0 Å². The third-order valence-electron chi connectivity index (χ3n) is 3.69. The van der Waals surface area contributed by atoms with Crippen LogP contribution in [0.5, 0.6) is 0 Å². The molecule has 1 aliphatic heterocycles. The fourth-order valence-electron chi connectivity index (χ4n) is 2.56. The topological polar surface area (TPSA) is 41.1 Å². The van der Waals surface area contributed by atoms with Crippen molar-refractivity contribution in [1.82, 2.24) is 15.3 Å². The average Bonchev–Trinajstić information content (AvgIpc) is 2.46. The Hall–Kier alpha value is -0.750. The van der Waals surface area contributed by atoms with Gasteiger partial charge in [0.05, 0.1) is 10.5 Å². The van der Waals surface area contributed by atoms with E-state index in [0.29, 0.717) is 12.1 Å². The van der Waals surface area contributed by atoms with E-state index in [1.165, 1.54) is 0 Å². The summed E-state index contributed by atoms with van der Waals surface area (Å²) in [5.74, 6) is 0.153. The molecule has 3 atom stereocenters. The minimum Gasteiger partial charge on any atom is -0.311 e. The van der Waals surface area contributed by atoms with E-state index in [4.69, 9.17) is 0 Å². The molecule has 0 saturated carbocycles. The Bertz CT molecular complexity index is 388. The molecule has 1 unspecified atom stereocenters. The van der Waals surface area contributed by atoms with E-state index in [1.54, 1.807) is 12.4 Å². The van der Waals surface area contributed by atoms with Crippen LogP contribution in [0.25, 0.3) is 0 Å². The van der Waals surface area contributed by atoms with Crippen molar-refractivity contribution in [2.45, 2.75) is 57.7 Å². The van der Waals surface area contributed by atoms with Crippen LogP contribution < -0.4 is 10.4 Å². The zero-order valence-electron chi connectivity index (χ0n) is 11.3. The lowest BCUT2D eigenvalue weighted by molar-refractivity contribution is 0.222. The second-order valence-corrected chi connectivity index (χ2v) is 5.93. The maximum atomic E-state index is 14.4. The zero-order chi connectivity index (χ0) is 13.8. The van der Waals surface area contributed by atoms with Gasteiger partial charge in [-0.2, -0.15) is 5.12 Å². The number of piperidine rings is 1. The first kappa shape index (κ1) is 14.7. The van der Waals surface area contributed by atoms with Crippen LogP contribution in [0.1, 0.15) is 39.5 Å². The number of anilines is 1. The first-order valence-electron chi connectivity index (χ1n) is 6.82. The van der Waals surface area contributed by atoms with Gasteiger partial charge in [0.25, 0.3) is 5.95 Å². The summed E-state index contributed by atoms with van der Waals surface area (Å²) < 4.78 is 15.2. The van der Waals surface area contributed by atoms with Crippen LogP contribution in [-0.2, 0) is 0 Å². The van der Waals surface area contributed by atoms with E-state index in [1.807, 2.05) is 0 Å². The van der Waals surface area contributed by atoms with Crippen molar-refractivity contribution in [1.29, 1.82) is 0 Å². The molecule has 6 heteroatoms. The van der Waals surface area contributed by atoms with Crippen molar-refractivity contribution in [3.05, 3.63) is 16.9 Å². The van der Waals surface area contributed by atoms with E-state index >= 15 is 0 Å². The van der Waals surface area contributed by atoms with Crippen molar-refractivity contribution in [2.24, 2.45) is 0 Å². The summed E-state index contributed by atoms with van der Waals surface area (Å²) in [6, 6.07) is 0.604. The van der Waals surface area contributed by atoms with Gasteiger partial charge in [0.15, 0.2) is 0 Å². The van der Waals surface area contributed by atoms with Crippen molar-refractivity contribution in [3.8, 4) is 0 Å². The molecule has 1 aliphatic rings. The number of hydrogen-bond donors (Lipinski definition) is 1. The molecule has 0 spiro atoms. The molecule has 4 nitrogen and oxygen atoms in total. The summed E-state index contributed by atoms with van der Waals surface area (Å²) in [6.45, 7) is 4.26. The molecule has 1 saturated heterocycles. The van der Waals surface area contributed by atoms with Gasteiger partial charge in [0, 0.05) is 24.5 Å². The Morgan fingerprint density at radius 1 is 1.26 bits per heavy atom. The van der Waals surface area contributed by atoms with Crippen LogP contribution in [0.15, 0.2) is 16.9 Å². The first-order valence-corrected chi connectivity index (χ1v) is 7.61. The second-order valence-electron chi connectivity index (χ2n) is 5.01. The van der Waals surface area contributed by atoms with Gasteiger partial charge in [0.1, 0.15) is 0 Å².